The SMILES string of the molecule is Cc1cccc2nccc(O[C@@H]3O[C@H](CO)[C@@H](O)[C@H](O)[C@H]3O)c12. The van der Waals surface area contributed by atoms with E-state index in [2.05, 4.69) is 4.98 Å². The summed E-state index contributed by atoms with van der Waals surface area (Å²) in [6.07, 6.45) is -4.98. The number of hydrogen-bond acceptors (Lipinski definition) is 7. The van der Waals surface area contributed by atoms with Crippen LogP contribution in [0, 0.1) is 6.92 Å². The molecule has 0 saturated carbocycles. The van der Waals surface area contributed by atoms with Gasteiger partial charge >= 0.3 is 0 Å². The molecule has 4 N–H and O–H groups in total. The molecule has 0 spiro atoms. The molecule has 3 rings (SSSR count). The molecule has 7 nitrogen and oxygen atoms in total. The lowest BCUT2D eigenvalue weighted by Crippen LogP contribution is -2.60. The van der Waals surface area contributed by atoms with Crippen molar-refractivity contribution in [3.05, 3.63) is 36.0 Å². The summed E-state index contributed by atoms with van der Waals surface area (Å²) in [5.41, 5.74) is 1.67. The van der Waals surface area contributed by atoms with Crippen molar-refractivity contribution >= 4 is 10.9 Å². The van der Waals surface area contributed by atoms with Gasteiger partial charge in [0.1, 0.15) is 30.2 Å². The van der Waals surface area contributed by atoms with Crippen LogP contribution in [0.5, 0.6) is 5.75 Å². The van der Waals surface area contributed by atoms with E-state index in [0.29, 0.717) is 5.75 Å². The fraction of sp³-hybridized carbons (Fsp3) is 0.438. The highest BCUT2D eigenvalue weighted by Crippen LogP contribution is 2.30. The van der Waals surface area contributed by atoms with Gasteiger partial charge in [-0.1, -0.05) is 12.1 Å². The minimum atomic E-state index is -1.47. The zero-order valence-electron chi connectivity index (χ0n) is 12.5. The van der Waals surface area contributed by atoms with E-state index in [4.69, 9.17) is 9.47 Å². The molecule has 0 radical (unpaired) electrons. The van der Waals surface area contributed by atoms with Crippen molar-refractivity contribution in [1.29, 1.82) is 0 Å². The first kappa shape index (κ1) is 16.1. The summed E-state index contributed by atoms with van der Waals surface area (Å²) in [6, 6.07) is 7.26. The number of fused-ring (bicyclic) bond motifs is 1. The maximum absolute atomic E-state index is 10.1. The van der Waals surface area contributed by atoms with Crippen molar-refractivity contribution in [2.45, 2.75) is 37.6 Å². The fourth-order valence-electron chi connectivity index (χ4n) is 2.74. The number of nitrogens with zero attached hydrogens (tertiary/aromatic N) is 1. The number of aliphatic hydroxyl groups is 4. The van der Waals surface area contributed by atoms with Crippen LogP contribution in [0.1, 0.15) is 5.56 Å². The molecule has 2 aromatic rings. The van der Waals surface area contributed by atoms with Crippen LogP contribution < -0.4 is 4.74 Å². The zero-order chi connectivity index (χ0) is 16.6. The maximum atomic E-state index is 10.1. The van der Waals surface area contributed by atoms with Gasteiger partial charge in [-0.3, -0.25) is 4.98 Å². The summed E-state index contributed by atoms with van der Waals surface area (Å²) >= 11 is 0. The predicted molar refractivity (Wildman–Crippen MR) is 80.9 cm³/mol. The molecule has 0 bridgehead atoms. The number of aliphatic hydroxyl groups excluding tert-OH is 4. The molecule has 5 atom stereocenters. The molecule has 7 heteroatoms. The van der Waals surface area contributed by atoms with Crippen molar-refractivity contribution in [3.8, 4) is 5.75 Å². The quantitative estimate of drug-likeness (QED) is 0.615. The Kier molecular flexibility index (Phi) is 4.47. The van der Waals surface area contributed by atoms with Gasteiger partial charge in [0.15, 0.2) is 0 Å². The molecule has 1 aromatic carbocycles. The van der Waals surface area contributed by atoms with Gasteiger partial charge in [0.25, 0.3) is 0 Å². The van der Waals surface area contributed by atoms with Gasteiger partial charge < -0.3 is 29.9 Å². The Labute approximate surface area is 132 Å². The summed E-state index contributed by atoms with van der Waals surface area (Å²) in [6.45, 7) is 1.41. The summed E-state index contributed by atoms with van der Waals surface area (Å²) < 4.78 is 11.1. The second kappa shape index (κ2) is 6.38. The molecule has 1 aromatic heterocycles. The Morgan fingerprint density at radius 2 is 1.91 bits per heavy atom. The summed E-state index contributed by atoms with van der Waals surface area (Å²) in [5.74, 6) is 0.442. The van der Waals surface area contributed by atoms with Gasteiger partial charge in [0, 0.05) is 11.6 Å². The third-order valence-corrected chi connectivity index (χ3v) is 4.03. The van der Waals surface area contributed by atoms with Gasteiger partial charge in [-0.25, -0.2) is 0 Å². The summed E-state index contributed by atoms with van der Waals surface area (Å²) in [4.78, 5) is 4.26. The largest absolute Gasteiger partial charge is 0.461 e. The number of aryl methyl sites for hydroxylation is 1. The minimum Gasteiger partial charge on any atom is -0.461 e. The molecule has 23 heavy (non-hydrogen) atoms. The molecule has 1 aliphatic heterocycles. The van der Waals surface area contributed by atoms with E-state index in [1.165, 1.54) is 0 Å². The second-order valence-electron chi connectivity index (χ2n) is 5.59. The molecular weight excluding hydrogens is 302 g/mol. The Morgan fingerprint density at radius 1 is 1.13 bits per heavy atom. The van der Waals surface area contributed by atoms with Gasteiger partial charge in [-0.05, 0) is 24.6 Å². The fourth-order valence-corrected chi connectivity index (χ4v) is 2.74. The lowest BCUT2D eigenvalue weighted by atomic mass is 9.99. The van der Waals surface area contributed by atoms with Crippen molar-refractivity contribution in [2.75, 3.05) is 6.61 Å². The molecule has 0 unspecified atom stereocenters. The molecule has 2 heterocycles. The van der Waals surface area contributed by atoms with Crippen LogP contribution in [0.2, 0.25) is 0 Å². The molecule has 0 amide bonds. The number of rotatable bonds is 3. The van der Waals surface area contributed by atoms with Crippen LogP contribution in [0.25, 0.3) is 10.9 Å². The van der Waals surface area contributed by atoms with E-state index < -0.39 is 37.3 Å². The highest BCUT2D eigenvalue weighted by molar-refractivity contribution is 5.87. The lowest BCUT2D eigenvalue weighted by molar-refractivity contribution is -0.277. The van der Waals surface area contributed by atoms with E-state index in [1.54, 1.807) is 12.3 Å². The number of benzene rings is 1. The maximum Gasteiger partial charge on any atom is 0.229 e. The second-order valence-corrected chi connectivity index (χ2v) is 5.59. The minimum absolute atomic E-state index is 0.442. The highest BCUT2D eigenvalue weighted by atomic mass is 16.7. The standard InChI is InChI=1S/C16H19NO6/c1-8-3-2-4-9-12(8)10(5-6-17-9)22-16-15(21)14(20)13(19)11(7-18)23-16/h2-6,11,13-16,18-21H,7H2,1H3/t11-,13-,14+,15-,16-/m1/s1. The highest BCUT2D eigenvalue weighted by Gasteiger charge is 2.44. The monoisotopic (exact) mass is 321 g/mol. The average molecular weight is 321 g/mol. The average Bonchev–Trinajstić information content (AvgIpc) is 2.55. The van der Waals surface area contributed by atoms with Gasteiger partial charge in [0.2, 0.25) is 6.29 Å². The van der Waals surface area contributed by atoms with Crippen molar-refractivity contribution in [3.63, 3.8) is 0 Å². The first-order valence-corrected chi connectivity index (χ1v) is 7.34. The normalized spacial score (nSPS) is 31.3. The summed E-state index contributed by atoms with van der Waals surface area (Å²) in [7, 11) is 0. The van der Waals surface area contributed by atoms with E-state index in [9.17, 15) is 20.4 Å². The molecule has 1 aliphatic rings. The lowest BCUT2D eigenvalue weighted by Gasteiger charge is -2.39. The third-order valence-electron chi connectivity index (χ3n) is 4.03. The first-order chi connectivity index (χ1) is 11.0. The molecular formula is C16H19NO6. The number of hydrogen-bond donors (Lipinski definition) is 4. The first-order valence-electron chi connectivity index (χ1n) is 7.34. The van der Waals surface area contributed by atoms with Gasteiger partial charge in [-0.15, -0.1) is 0 Å². The molecule has 1 fully saturated rings. The van der Waals surface area contributed by atoms with Crippen LogP contribution in [0.4, 0.5) is 0 Å². The topological polar surface area (TPSA) is 112 Å². The van der Waals surface area contributed by atoms with Crippen molar-refractivity contribution in [1.82, 2.24) is 4.98 Å². The van der Waals surface area contributed by atoms with E-state index in [1.807, 2.05) is 25.1 Å². The van der Waals surface area contributed by atoms with Crippen molar-refractivity contribution in [2.24, 2.45) is 0 Å². The van der Waals surface area contributed by atoms with Crippen LogP contribution >= 0.6 is 0 Å². The Balaban J connectivity index is 1.92. The van der Waals surface area contributed by atoms with Crippen LogP contribution in [0.3, 0.4) is 0 Å². The van der Waals surface area contributed by atoms with Crippen LogP contribution in [0.15, 0.2) is 30.5 Å². The van der Waals surface area contributed by atoms with Crippen LogP contribution in [-0.2, 0) is 4.74 Å². The summed E-state index contributed by atoms with van der Waals surface area (Å²) in [5, 5.41) is 39.7. The zero-order valence-corrected chi connectivity index (χ0v) is 12.5. The molecule has 1 saturated heterocycles. The number of pyridine rings is 1. The van der Waals surface area contributed by atoms with Gasteiger partial charge in [0.05, 0.1) is 12.1 Å². The number of ether oxygens (including phenoxy) is 2. The Bertz CT molecular complexity index is 686. The number of aromatic nitrogens is 1. The van der Waals surface area contributed by atoms with Crippen molar-refractivity contribution < 1.29 is 29.9 Å². The van der Waals surface area contributed by atoms with Crippen LogP contribution in [-0.4, -0.2) is 62.7 Å². The van der Waals surface area contributed by atoms with E-state index >= 15 is 0 Å². The Morgan fingerprint density at radius 3 is 2.65 bits per heavy atom. The van der Waals surface area contributed by atoms with Gasteiger partial charge in [-0.2, -0.15) is 0 Å². The molecule has 0 aliphatic carbocycles. The van der Waals surface area contributed by atoms with E-state index in [-0.39, 0.29) is 0 Å². The Hall–Kier alpha value is -1.77. The smallest absolute Gasteiger partial charge is 0.229 e. The molecule has 124 valence electrons. The third kappa shape index (κ3) is 2.89. The predicted octanol–water partition coefficient (Wildman–Crippen LogP) is -0.278. The van der Waals surface area contributed by atoms with E-state index in [0.717, 1.165) is 16.5 Å².